The van der Waals surface area contributed by atoms with Crippen LogP contribution in [0.4, 0.5) is 5.69 Å². The van der Waals surface area contributed by atoms with Crippen LogP contribution in [-0.4, -0.2) is 45.1 Å². The van der Waals surface area contributed by atoms with Gasteiger partial charge in [-0.25, -0.2) is 8.42 Å². The molecule has 0 aromatic heterocycles. The van der Waals surface area contributed by atoms with Gasteiger partial charge < -0.3 is 4.90 Å². The number of amides is 1. The van der Waals surface area contributed by atoms with E-state index >= 15 is 0 Å². The minimum absolute atomic E-state index is 0.125. The van der Waals surface area contributed by atoms with Gasteiger partial charge in [0.15, 0.2) is 0 Å². The number of benzene rings is 2. The Morgan fingerprint density at radius 1 is 1.00 bits per heavy atom. The molecular weight excluding hydrogens is 336 g/mol. The van der Waals surface area contributed by atoms with E-state index in [4.69, 9.17) is 0 Å². The molecule has 1 aliphatic rings. The first-order valence-corrected chi connectivity index (χ1v) is 10.5. The van der Waals surface area contributed by atoms with E-state index in [2.05, 4.69) is 0 Å². The third-order valence-electron chi connectivity index (χ3n) is 4.67. The van der Waals surface area contributed by atoms with E-state index in [0.717, 1.165) is 42.7 Å². The lowest BCUT2D eigenvalue weighted by Crippen LogP contribution is -2.43. The lowest BCUT2D eigenvalue weighted by Gasteiger charge is -2.27. The molecule has 25 heavy (non-hydrogen) atoms. The van der Waals surface area contributed by atoms with E-state index in [1.807, 2.05) is 36.4 Å². The second-order valence-electron chi connectivity index (χ2n) is 6.56. The summed E-state index contributed by atoms with van der Waals surface area (Å²) >= 11 is 0. The van der Waals surface area contributed by atoms with E-state index in [0.29, 0.717) is 18.8 Å². The van der Waals surface area contributed by atoms with Crippen LogP contribution in [0.2, 0.25) is 0 Å². The van der Waals surface area contributed by atoms with Gasteiger partial charge in [-0.05, 0) is 24.3 Å². The summed E-state index contributed by atoms with van der Waals surface area (Å²) in [6, 6.07) is 13.2. The molecule has 0 spiro atoms. The van der Waals surface area contributed by atoms with Crippen molar-refractivity contribution < 1.29 is 13.2 Å². The molecule has 0 aliphatic carbocycles. The van der Waals surface area contributed by atoms with Gasteiger partial charge in [-0.1, -0.05) is 49.2 Å². The molecule has 3 rings (SSSR count). The predicted molar refractivity (Wildman–Crippen MR) is 101 cm³/mol. The SMILES string of the molecule is CS(=O)(=O)N(CC(=O)N1CCCCCC1)c1cccc2ccccc12. The summed E-state index contributed by atoms with van der Waals surface area (Å²) in [5.41, 5.74) is 0.559. The third-order valence-corrected chi connectivity index (χ3v) is 5.80. The first-order chi connectivity index (χ1) is 12.0. The molecule has 6 heteroatoms. The Hall–Kier alpha value is -2.08. The number of hydrogen-bond acceptors (Lipinski definition) is 3. The van der Waals surface area contributed by atoms with Crippen LogP contribution in [-0.2, 0) is 14.8 Å². The number of sulfonamides is 1. The molecule has 0 N–H and O–H groups in total. The molecule has 1 saturated heterocycles. The predicted octanol–water partition coefficient (Wildman–Crippen LogP) is 3.01. The third kappa shape index (κ3) is 4.12. The molecule has 0 radical (unpaired) electrons. The number of anilines is 1. The van der Waals surface area contributed by atoms with Crippen LogP contribution in [0.3, 0.4) is 0 Å². The quantitative estimate of drug-likeness (QED) is 0.842. The molecule has 2 aromatic rings. The Bertz CT molecular complexity index is 851. The lowest BCUT2D eigenvalue weighted by atomic mass is 10.1. The number of hydrogen-bond donors (Lipinski definition) is 0. The fourth-order valence-electron chi connectivity index (χ4n) is 3.35. The summed E-state index contributed by atoms with van der Waals surface area (Å²) in [4.78, 5) is 14.5. The molecule has 1 fully saturated rings. The van der Waals surface area contributed by atoms with Gasteiger partial charge >= 0.3 is 0 Å². The van der Waals surface area contributed by atoms with E-state index < -0.39 is 10.0 Å². The average molecular weight is 360 g/mol. The molecule has 0 unspecified atom stereocenters. The second kappa shape index (κ2) is 7.44. The number of carbonyl (C=O) groups is 1. The summed E-state index contributed by atoms with van der Waals surface area (Å²) in [6.45, 7) is 1.28. The van der Waals surface area contributed by atoms with Crippen LogP contribution >= 0.6 is 0 Å². The van der Waals surface area contributed by atoms with Gasteiger partial charge in [-0.15, -0.1) is 0 Å². The van der Waals surface area contributed by atoms with Crippen molar-refractivity contribution >= 4 is 32.4 Å². The fraction of sp³-hybridized carbons (Fsp3) is 0.421. The average Bonchev–Trinajstić information content (AvgIpc) is 2.87. The highest BCUT2D eigenvalue weighted by atomic mass is 32.2. The molecule has 0 bridgehead atoms. The Kier molecular flexibility index (Phi) is 5.27. The van der Waals surface area contributed by atoms with Crippen molar-refractivity contribution in [2.75, 3.05) is 30.2 Å². The van der Waals surface area contributed by atoms with Gasteiger partial charge in [0, 0.05) is 18.5 Å². The number of carbonyl (C=O) groups excluding carboxylic acids is 1. The van der Waals surface area contributed by atoms with Crippen molar-refractivity contribution in [3.8, 4) is 0 Å². The minimum Gasteiger partial charge on any atom is -0.341 e. The molecule has 0 atom stereocenters. The van der Waals surface area contributed by atoms with Crippen molar-refractivity contribution in [3.63, 3.8) is 0 Å². The first kappa shape index (κ1) is 17.7. The lowest BCUT2D eigenvalue weighted by molar-refractivity contribution is -0.129. The standard InChI is InChI=1S/C19H24N2O3S/c1-25(23,24)21(15-19(22)20-13-6-2-3-7-14-20)18-12-8-10-16-9-4-5-11-17(16)18/h4-5,8-12H,2-3,6-7,13-15H2,1H3. The van der Waals surface area contributed by atoms with Crippen molar-refractivity contribution in [1.82, 2.24) is 4.90 Å². The van der Waals surface area contributed by atoms with Crippen molar-refractivity contribution in [2.45, 2.75) is 25.7 Å². The molecule has 134 valence electrons. The monoisotopic (exact) mass is 360 g/mol. The largest absolute Gasteiger partial charge is 0.341 e. The maximum absolute atomic E-state index is 12.7. The van der Waals surface area contributed by atoms with Gasteiger partial charge in [0.05, 0.1) is 11.9 Å². The van der Waals surface area contributed by atoms with Gasteiger partial charge in [-0.2, -0.15) is 0 Å². The molecule has 1 aliphatic heterocycles. The molecule has 5 nitrogen and oxygen atoms in total. The van der Waals surface area contributed by atoms with Gasteiger partial charge in [0.2, 0.25) is 15.9 Å². The topological polar surface area (TPSA) is 57.7 Å². The van der Waals surface area contributed by atoms with Crippen LogP contribution in [0.15, 0.2) is 42.5 Å². The Labute approximate surface area is 149 Å². The molecule has 2 aromatic carbocycles. The Morgan fingerprint density at radius 2 is 1.64 bits per heavy atom. The zero-order chi connectivity index (χ0) is 17.9. The normalized spacial score (nSPS) is 15.8. The maximum Gasteiger partial charge on any atom is 0.243 e. The van der Waals surface area contributed by atoms with Gasteiger partial charge in [-0.3, -0.25) is 9.10 Å². The minimum atomic E-state index is -3.57. The highest BCUT2D eigenvalue weighted by Crippen LogP contribution is 2.28. The molecule has 1 amide bonds. The summed E-state index contributed by atoms with van der Waals surface area (Å²) in [5, 5.41) is 1.79. The number of fused-ring (bicyclic) bond motifs is 1. The zero-order valence-corrected chi connectivity index (χ0v) is 15.3. The molecule has 1 heterocycles. The van der Waals surface area contributed by atoms with Crippen LogP contribution < -0.4 is 4.31 Å². The maximum atomic E-state index is 12.7. The van der Waals surface area contributed by atoms with E-state index in [-0.39, 0.29) is 12.5 Å². The number of rotatable bonds is 4. The molecule has 0 saturated carbocycles. The van der Waals surface area contributed by atoms with Crippen molar-refractivity contribution in [1.29, 1.82) is 0 Å². The molecular formula is C19H24N2O3S. The highest BCUT2D eigenvalue weighted by Gasteiger charge is 2.25. The summed E-state index contributed by atoms with van der Waals surface area (Å²) < 4.78 is 26.1. The fourth-order valence-corrected chi connectivity index (χ4v) is 4.21. The Balaban J connectivity index is 1.94. The summed E-state index contributed by atoms with van der Waals surface area (Å²) in [6.07, 6.45) is 5.38. The van der Waals surface area contributed by atoms with Crippen molar-refractivity contribution in [3.05, 3.63) is 42.5 Å². The van der Waals surface area contributed by atoms with E-state index in [9.17, 15) is 13.2 Å². The summed E-state index contributed by atoms with van der Waals surface area (Å²) in [7, 11) is -3.57. The van der Waals surface area contributed by atoms with Crippen LogP contribution in [0.1, 0.15) is 25.7 Å². The van der Waals surface area contributed by atoms with E-state index in [1.165, 1.54) is 4.31 Å². The van der Waals surface area contributed by atoms with Crippen molar-refractivity contribution in [2.24, 2.45) is 0 Å². The van der Waals surface area contributed by atoms with E-state index in [1.54, 1.807) is 11.0 Å². The zero-order valence-electron chi connectivity index (χ0n) is 14.5. The first-order valence-electron chi connectivity index (χ1n) is 8.70. The Morgan fingerprint density at radius 3 is 2.32 bits per heavy atom. The number of nitrogens with zero attached hydrogens (tertiary/aromatic N) is 2. The van der Waals surface area contributed by atoms with Gasteiger partial charge in [0.25, 0.3) is 0 Å². The van der Waals surface area contributed by atoms with Crippen LogP contribution in [0.25, 0.3) is 10.8 Å². The van der Waals surface area contributed by atoms with Gasteiger partial charge in [0.1, 0.15) is 6.54 Å². The second-order valence-corrected chi connectivity index (χ2v) is 8.47. The summed E-state index contributed by atoms with van der Waals surface area (Å²) in [5.74, 6) is -0.125. The van der Waals surface area contributed by atoms with Crippen LogP contribution in [0.5, 0.6) is 0 Å². The number of likely N-dealkylation sites (tertiary alicyclic amines) is 1. The highest BCUT2D eigenvalue weighted by molar-refractivity contribution is 7.92. The smallest absolute Gasteiger partial charge is 0.243 e. The van der Waals surface area contributed by atoms with Crippen LogP contribution in [0, 0.1) is 0 Å².